The second kappa shape index (κ2) is 13.6. The Kier molecular flexibility index (Phi) is 9.91. The van der Waals surface area contributed by atoms with Crippen LogP contribution in [0.15, 0.2) is 24.3 Å². The summed E-state index contributed by atoms with van der Waals surface area (Å²) in [5, 5.41) is 0. The molecule has 1 aromatic heterocycles. The van der Waals surface area contributed by atoms with Crippen molar-refractivity contribution in [1.82, 2.24) is 24.3 Å². The van der Waals surface area contributed by atoms with Crippen LogP contribution < -0.4 is 0 Å². The molecule has 2 saturated heterocycles. The Bertz CT molecular complexity index is 1280. The summed E-state index contributed by atoms with van der Waals surface area (Å²) in [4.78, 5) is 51.9. The van der Waals surface area contributed by atoms with Crippen molar-refractivity contribution in [2.24, 2.45) is 11.8 Å². The molecule has 0 radical (unpaired) electrons. The summed E-state index contributed by atoms with van der Waals surface area (Å²) in [7, 11) is 1.69. The van der Waals surface area contributed by atoms with Gasteiger partial charge < -0.3 is 33.5 Å². The molecular weight excluding hydrogens is 550 g/mol. The molecule has 3 fully saturated rings. The van der Waals surface area contributed by atoms with Gasteiger partial charge in [-0.1, -0.05) is 12.1 Å². The van der Waals surface area contributed by atoms with Crippen molar-refractivity contribution >= 4 is 28.9 Å². The average Bonchev–Trinajstić information content (AvgIpc) is 3.75. The van der Waals surface area contributed by atoms with Crippen molar-refractivity contribution in [3.8, 4) is 0 Å². The molecule has 1 aromatic carbocycles. The number of amides is 3. The van der Waals surface area contributed by atoms with Crippen molar-refractivity contribution in [3.63, 3.8) is 0 Å². The second-order valence-corrected chi connectivity index (χ2v) is 13.1. The van der Waals surface area contributed by atoms with Gasteiger partial charge in [0.05, 0.1) is 36.2 Å². The Morgan fingerprint density at radius 2 is 1.79 bits per heavy atom. The number of piperidine rings is 1. The number of ether oxygens (including phenoxy) is 3. The highest BCUT2D eigenvalue weighted by Gasteiger charge is 2.43. The van der Waals surface area contributed by atoms with Crippen LogP contribution in [0.5, 0.6) is 0 Å². The third kappa shape index (κ3) is 7.86. The van der Waals surface area contributed by atoms with E-state index in [1.54, 1.807) is 12.0 Å². The van der Waals surface area contributed by atoms with Crippen molar-refractivity contribution < 1.29 is 28.6 Å². The number of unbranched alkanes of at least 4 members (excludes halogenated alkanes) is 1. The number of hydrogen-bond donors (Lipinski definition) is 0. The topological polar surface area (TPSA) is 106 Å². The number of hydrogen-bond acceptors (Lipinski definition) is 7. The van der Waals surface area contributed by atoms with E-state index in [9.17, 15) is 14.4 Å². The molecule has 2 aliphatic heterocycles. The predicted molar refractivity (Wildman–Crippen MR) is 162 cm³/mol. The number of morpholine rings is 1. The normalized spacial score (nSPS) is 21.2. The lowest BCUT2D eigenvalue weighted by atomic mass is 9.91. The molecule has 3 amide bonds. The van der Waals surface area contributed by atoms with Crippen LogP contribution in [0.3, 0.4) is 0 Å². The summed E-state index contributed by atoms with van der Waals surface area (Å²) in [5.74, 6) is 0.236. The Morgan fingerprint density at radius 3 is 2.49 bits per heavy atom. The van der Waals surface area contributed by atoms with E-state index >= 15 is 0 Å². The minimum absolute atomic E-state index is 0.00533. The maximum absolute atomic E-state index is 14.5. The van der Waals surface area contributed by atoms with Gasteiger partial charge in [0.25, 0.3) is 5.91 Å². The van der Waals surface area contributed by atoms with Crippen LogP contribution in [0.4, 0.5) is 4.79 Å². The smallest absolute Gasteiger partial charge is 0.410 e. The highest BCUT2D eigenvalue weighted by atomic mass is 16.6. The molecule has 0 spiro atoms. The number of carbonyl (C=O) groups is 3. The average molecular weight is 598 g/mol. The first-order valence-corrected chi connectivity index (χ1v) is 15.7. The van der Waals surface area contributed by atoms with Gasteiger partial charge in [-0.05, 0) is 70.9 Å². The first-order chi connectivity index (χ1) is 20.6. The van der Waals surface area contributed by atoms with E-state index < -0.39 is 17.6 Å². The summed E-state index contributed by atoms with van der Waals surface area (Å²) < 4.78 is 18.5. The quantitative estimate of drug-likeness (QED) is 0.384. The molecule has 1 saturated carbocycles. The van der Waals surface area contributed by atoms with Crippen molar-refractivity contribution in [1.29, 1.82) is 0 Å². The number of likely N-dealkylation sites (tertiary alicyclic amines) is 1. The molecular formula is C32H47N5O6. The Morgan fingerprint density at radius 1 is 1.05 bits per heavy atom. The minimum atomic E-state index is -0.676. The second-order valence-electron chi connectivity index (χ2n) is 13.1. The van der Waals surface area contributed by atoms with Crippen LogP contribution >= 0.6 is 0 Å². The molecule has 0 bridgehead atoms. The lowest BCUT2D eigenvalue weighted by Gasteiger charge is -2.43. The number of aromatic nitrogens is 2. The fraction of sp³-hybridized carbons (Fsp3) is 0.688. The van der Waals surface area contributed by atoms with E-state index in [1.807, 2.05) is 59.4 Å². The number of aryl methyl sites for hydroxylation is 1. The van der Waals surface area contributed by atoms with Crippen molar-refractivity contribution in [2.45, 2.75) is 71.1 Å². The van der Waals surface area contributed by atoms with Gasteiger partial charge >= 0.3 is 6.09 Å². The number of imidazole rings is 1. The van der Waals surface area contributed by atoms with Gasteiger partial charge in [-0.3, -0.25) is 9.59 Å². The van der Waals surface area contributed by atoms with Gasteiger partial charge in [0.15, 0.2) is 5.82 Å². The van der Waals surface area contributed by atoms with Crippen molar-refractivity contribution in [3.05, 3.63) is 30.1 Å². The maximum atomic E-state index is 14.5. The molecule has 2 atom stereocenters. The van der Waals surface area contributed by atoms with E-state index in [4.69, 9.17) is 19.2 Å². The van der Waals surface area contributed by atoms with E-state index in [2.05, 4.69) is 0 Å². The van der Waals surface area contributed by atoms with Gasteiger partial charge in [-0.15, -0.1) is 0 Å². The van der Waals surface area contributed by atoms with E-state index in [0.29, 0.717) is 70.7 Å². The highest BCUT2D eigenvalue weighted by molar-refractivity contribution is 5.95. The van der Waals surface area contributed by atoms with Gasteiger partial charge in [-0.2, -0.15) is 0 Å². The maximum Gasteiger partial charge on any atom is 0.410 e. The lowest BCUT2D eigenvalue weighted by Crippen LogP contribution is -2.58. The van der Waals surface area contributed by atoms with E-state index in [1.165, 1.54) is 0 Å². The number of methoxy groups -OCH3 is 1. The van der Waals surface area contributed by atoms with Crippen molar-refractivity contribution in [2.75, 3.05) is 59.7 Å². The molecule has 5 rings (SSSR count). The van der Waals surface area contributed by atoms with Crippen LogP contribution in [-0.4, -0.2) is 113 Å². The highest BCUT2D eigenvalue weighted by Crippen LogP contribution is 2.34. The minimum Gasteiger partial charge on any atom is -0.444 e. The zero-order valence-electron chi connectivity index (χ0n) is 26.1. The molecule has 0 unspecified atom stereocenters. The Balaban J connectivity index is 1.45. The fourth-order valence-electron chi connectivity index (χ4n) is 6.08. The summed E-state index contributed by atoms with van der Waals surface area (Å²) in [5.41, 5.74) is 1.03. The molecule has 3 heterocycles. The largest absolute Gasteiger partial charge is 0.444 e. The molecule has 43 heavy (non-hydrogen) atoms. The molecule has 2 aromatic rings. The SMILES string of the molecule is COCCCCn1c(C(=O)N(CC2CC2)[C@H]2C[C@@H](C(=O)N3CCOCC3)CN(C(=O)OC(C)(C)C)C2)nc2ccccc21. The number of carbonyl (C=O) groups excluding carboxylic acids is 3. The third-order valence-electron chi connectivity index (χ3n) is 8.43. The van der Waals surface area contributed by atoms with E-state index in [0.717, 1.165) is 36.7 Å². The molecule has 11 nitrogen and oxygen atoms in total. The number of nitrogens with zero attached hydrogens (tertiary/aromatic N) is 5. The Labute approximate surface area is 254 Å². The summed E-state index contributed by atoms with van der Waals surface area (Å²) >= 11 is 0. The predicted octanol–water partition coefficient (Wildman–Crippen LogP) is 3.80. The van der Waals surface area contributed by atoms with Gasteiger partial charge in [0, 0.05) is 53.0 Å². The first kappa shape index (κ1) is 31.3. The first-order valence-electron chi connectivity index (χ1n) is 15.7. The van der Waals surface area contributed by atoms with Crippen LogP contribution in [0.25, 0.3) is 11.0 Å². The molecule has 11 heteroatoms. The molecule has 0 N–H and O–H groups in total. The summed E-state index contributed by atoms with van der Waals surface area (Å²) in [6, 6.07) is 7.50. The van der Waals surface area contributed by atoms with Gasteiger partial charge in [0.2, 0.25) is 5.91 Å². The molecule has 236 valence electrons. The van der Waals surface area contributed by atoms with Gasteiger partial charge in [0.1, 0.15) is 5.60 Å². The monoisotopic (exact) mass is 597 g/mol. The number of rotatable bonds is 10. The summed E-state index contributed by atoms with van der Waals surface area (Å²) in [6.07, 6.45) is 3.89. The Hall–Kier alpha value is -3.18. The standard InChI is InChI=1S/C32H47N5O6/c1-32(2,3)43-31(40)35-21-24(29(38)34-14-17-42-18-15-34)19-25(22-35)37(20-23-11-12-23)30(39)28-33-26-9-5-6-10-27(26)36(28)13-7-8-16-41-4/h5-6,9-10,23-25H,7-8,11-22H2,1-4H3/t24-,25+/m1/s1. The van der Waals surface area contributed by atoms with Crippen LogP contribution in [-0.2, 0) is 25.5 Å². The van der Waals surface area contributed by atoms with Crippen LogP contribution in [0.2, 0.25) is 0 Å². The zero-order chi connectivity index (χ0) is 30.6. The zero-order valence-corrected chi connectivity index (χ0v) is 26.1. The number of fused-ring (bicyclic) bond motifs is 1. The fourth-order valence-corrected chi connectivity index (χ4v) is 6.08. The number of benzene rings is 1. The molecule has 3 aliphatic rings. The lowest BCUT2D eigenvalue weighted by molar-refractivity contribution is -0.142. The van der Waals surface area contributed by atoms with Gasteiger partial charge in [-0.25, -0.2) is 9.78 Å². The van der Waals surface area contributed by atoms with E-state index in [-0.39, 0.29) is 24.4 Å². The van der Waals surface area contributed by atoms with Crippen LogP contribution in [0, 0.1) is 11.8 Å². The summed E-state index contributed by atoms with van der Waals surface area (Å²) in [6.45, 7) is 10.0. The third-order valence-corrected chi connectivity index (χ3v) is 8.43. The number of para-hydroxylation sites is 2. The van der Waals surface area contributed by atoms with Crippen LogP contribution in [0.1, 0.15) is 63.5 Å². The molecule has 1 aliphatic carbocycles.